The van der Waals surface area contributed by atoms with Crippen molar-refractivity contribution in [3.05, 3.63) is 53.3 Å². The number of likely N-dealkylation sites (N-methyl/N-ethyl adjacent to an activating group) is 1. The van der Waals surface area contributed by atoms with Gasteiger partial charge in [-0.05, 0) is 42.5 Å². The van der Waals surface area contributed by atoms with Crippen LogP contribution in [0.25, 0.3) is 0 Å². The lowest BCUT2D eigenvalue weighted by Gasteiger charge is -2.20. The topological polar surface area (TPSA) is 75.7 Å². The minimum absolute atomic E-state index is 0.0535. The highest BCUT2D eigenvalue weighted by atomic mass is 35.5. The van der Waals surface area contributed by atoms with E-state index in [2.05, 4.69) is 5.32 Å². The van der Waals surface area contributed by atoms with E-state index in [9.17, 15) is 17.6 Å². The van der Waals surface area contributed by atoms with Crippen LogP contribution >= 0.6 is 11.6 Å². The van der Waals surface area contributed by atoms with Gasteiger partial charge in [-0.3, -0.25) is 4.79 Å². The fourth-order valence-corrected chi connectivity index (χ4v) is 3.78. The molecule has 0 spiro atoms. The van der Waals surface area contributed by atoms with Gasteiger partial charge >= 0.3 is 0 Å². The molecule has 2 rings (SSSR count). The molecule has 0 aliphatic carbocycles. The van der Waals surface area contributed by atoms with Gasteiger partial charge in [-0.25, -0.2) is 12.8 Å². The summed E-state index contributed by atoms with van der Waals surface area (Å²) in [5, 5.41) is 2.36. The first-order valence-electron chi connectivity index (χ1n) is 7.67. The summed E-state index contributed by atoms with van der Waals surface area (Å²) in [6.07, 6.45) is 0. The monoisotopic (exact) mass is 400 g/mol. The molecule has 0 atom stereocenters. The molecule has 0 aliphatic rings. The Morgan fingerprint density at radius 2 is 1.88 bits per heavy atom. The number of halogens is 2. The zero-order valence-corrected chi connectivity index (χ0v) is 15.8. The van der Waals surface area contributed by atoms with Crippen molar-refractivity contribution in [3.63, 3.8) is 0 Å². The zero-order valence-electron chi connectivity index (χ0n) is 14.2. The third-order valence-corrected chi connectivity index (χ3v) is 5.80. The fourth-order valence-electron chi connectivity index (χ4n) is 2.20. The van der Waals surface area contributed by atoms with Crippen molar-refractivity contribution in [1.29, 1.82) is 0 Å². The quantitative estimate of drug-likeness (QED) is 0.774. The zero-order chi connectivity index (χ0) is 19.3. The summed E-state index contributed by atoms with van der Waals surface area (Å²) >= 11 is 5.66. The van der Waals surface area contributed by atoms with Gasteiger partial charge in [-0.2, -0.15) is 4.31 Å². The Morgan fingerprint density at radius 1 is 1.23 bits per heavy atom. The number of benzene rings is 2. The molecule has 140 valence electrons. The molecular formula is C17H18ClFN2O4S. The highest BCUT2D eigenvalue weighted by molar-refractivity contribution is 7.89. The van der Waals surface area contributed by atoms with Gasteiger partial charge in [-0.15, -0.1) is 0 Å². The largest absolute Gasteiger partial charge is 0.497 e. The first-order valence-corrected chi connectivity index (χ1v) is 9.49. The van der Waals surface area contributed by atoms with Crippen molar-refractivity contribution >= 4 is 33.2 Å². The third-order valence-electron chi connectivity index (χ3n) is 3.57. The highest BCUT2D eigenvalue weighted by Gasteiger charge is 2.25. The van der Waals surface area contributed by atoms with Crippen molar-refractivity contribution in [2.24, 2.45) is 0 Å². The van der Waals surface area contributed by atoms with Crippen molar-refractivity contribution in [3.8, 4) is 5.75 Å². The lowest BCUT2D eigenvalue weighted by atomic mass is 10.3. The Morgan fingerprint density at radius 3 is 2.42 bits per heavy atom. The molecule has 0 fully saturated rings. The number of hydrogen-bond acceptors (Lipinski definition) is 4. The maximum absolute atomic E-state index is 13.2. The predicted octanol–water partition coefficient (Wildman–Crippen LogP) is 3.14. The van der Waals surface area contributed by atoms with Gasteiger partial charge in [0, 0.05) is 12.2 Å². The molecular weight excluding hydrogens is 383 g/mol. The molecule has 0 aromatic heterocycles. The number of hydrogen-bond donors (Lipinski definition) is 1. The number of methoxy groups -OCH3 is 1. The molecule has 9 heteroatoms. The summed E-state index contributed by atoms with van der Waals surface area (Å²) in [4.78, 5) is 12.2. The van der Waals surface area contributed by atoms with Gasteiger partial charge < -0.3 is 10.1 Å². The van der Waals surface area contributed by atoms with Crippen molar-refractivity contribution in [2.45, 2.75) is 11.8 Å². The van der Waals surface area contributed by atoms with Crippen LogP contribution in [0.4, 0.5) is 10.1 Å². The molecule has 0 aliphatic heterocycles. The van der Waals surface area contributed by atoms with E-state index < -0.39 is 21.7 Å². The Labute approximate surface area is 156 Å². The lowest BCUT2D eigenvalue weighted by molar-refractivity contribution is -0.116. The number of nitrogens with zero attached hydrogens (tertiary/aromatic N) is 1. The average molecular weight is 401 g/mol. The van der Waals surface area contributed by atoms with E-state index in [1.54, 1.807) is 6.92 Å². The number of sulfonamides is 1. The minimum atomic E-state index is -3.85. The number of carbonyl (C=O) groups is 1. The minimum Gasteiger partial charge on any atom is -0.497 e. The van der Waals surface area contributed by atoms with E-state index in [0.29, 0.717) is 5.75 Å². The number of carbonyl (C=O) groups excluding carboxylic acids is 1. The van der Waals surface area contributed by atoms with E-state index in [0.717, 1.165) is 10.4 Å². The predicted molar refractivity (Wildman–Crippen MR) is 97.5 cm³/mol. The summed E-state index contributed by atoms with van der Waals surface area (Å²) < 4.78 is 44.6. The summed E-state index contributed by atoms with van der Waals surface area (Å²) in [7, 11) is -2.37. The average Bonchev–Trinajstić information content (AvgIpc) is 2.62. The first kappa shape index (κ1) is 20.2. The molecule has 0 saturated carbocycles. The van der Waals surface area contributed by atoms with Gasteiger partial charge in [0.1, 0.15) is 11.6 Å². The molecule has 2 aromatic rings. The van der Waals surface area contributed by atoms with Gasteiger partial charge in [-0.1, -0.05) is 18.5 Å². The number of ether oxygens (including phenoxy) is 1. The summed E-state index contributed by atoms with van der Waals surface area (Å²) in [5.41, 5.74) is 0.277. The van der Waals surface area contributed by atoms with Crippen LogP contribution in [0.2, 0.25) is 5.02 Å². The summed E-state index contributed by atoms with van der Waals surface area (Å²) in [6, 6.07) is 9.59. The molecule has 0 unspecified atom stereocenters. The molecule has 0 bridgehead atoms. The number of anilines is 1. The molecule has 0 saturated heterocycles. The highest BCUT2D eigenvalue weighted by Crippen LogP contribution is 2.21. The van der Waals surface area contributed by atoms with Crippen molar-refractivity contribution in [2.75, 3.05) is 25.5 Å². The molecule has 1 amide bonds. The Hall–Kier alpha value is -2.16. The third kappa shape index (κ3) is 4.72. The standard InChI is InChI=1S/C17H18ClFN2O4S/c1-3-21(26(23,24)14-7-5-13(25-2)6-8-14)11-17(22)20-12-4-9-16(19)15(18)10-12/h4-10H,3,11H2,1-2H3,(H,20,22). The second kappa shape index (κ2) is 8.48. The first-order chi connectivity index (χ1) is 12.3. The van der Waals surface area contributed by atoms with Crippen LogP contribution in [-0.2, 0) is 14.8 Å². The van der Waals surface area contributed by atoms with Gasteiger partial charge in [0.15, 0.2) is 0 Å². The van der Waals surface area contributed by atoms with E-state index in [-0.39, 0.29) is 28.7 Å². The number of nitrogens with one attached hydrogen (secondary N) is 1. The summed E-state index contributed by atoms with van der Waals surface area (Å²) in [6.45, 7) is 1.34. The fraction of sp³-hybridized carbons (Fsp3) is 0.235. The number of rotatable bonds is 7. The Balaban J connectivity index is 2.13. The van der Waals surface area contributed by atoms with Crippen LogP contribution < -0.4 is 10.1 Å². The molecule has 0 radical (unpaired) electrons. The lowest BCUT2D eigenvalue weighted by Crippen LogP contribution is -2.37. The van der Waals surface area contributed by atoms with Crippen LogP contribution in [0.5, 0.6) is 5.75 Å². The van der Waals surface area contributed by atoms with Crippen molar-refractivity contribution < 1.29 is 22.3 Å². The second-order valence-electron chi connectivity index (χ2n) is 5.28. The number of amides is 1. The van der Waals surface area contributed by atoms with E-state index in [1.165, 1.54) is 43.5 Å². The smallest absolute Gasteiger partial charge is 0.243 e. The van der Waals surface area contributed by atoms with E-state index in [4.69, 9.17) is 16.3 Å². The van der Waals surface area contributed by atoms with Crippen LogP contribution in [-0.4, -0.2) is 38.8 Å². The Bertz CT molecular complexity index is 888. The van der Waals surface area contributed by atoms with E-state index >= 15 is 0 Å². The van der Waals surface area contributed by atoms with Crippen LogP contribution in [0.3, 0.4) is 0 Å². The van der Waals surface area contributed by atoms with Crippen molar-refractivity contribution in [1.82, 2.24) is 4.31 Å². The second-order valence-corrected chi connectivity index (χ2v) is 7.63. The van der Waals surface area contributed by atoms with Gasteiger partial charge in [0.25, 0.3) is 0 Å². The molecule has 1 N–H and O–H groups in total. The molecule has 0 heterocycles. The maximum atomic E-state index is 13.2. The SMILES string of the molecule is CCN(CC(=O)Nc1ccc(F)c(Cl)c1)S(=O)(=O)c1ccc(OC)cc1. The summed E-state index contributed by atoms with van der Waals surface area (Å²) in [5.74, 6) is -0.647. The van der Waals surface area contributed by atoms with E-state index in [1.807, 2.05) is 0 Å². The van der Waals surface area contributed by atoms with Crippen LogP contribution in [0.1, 0.15) is 6.92 Å². The van der Waals surface area contributed by atoms with Crippen LogP contribution in [0.15, 0.2) is 47.4 Å². The maximum Gasteiger partial charge on any atom is 0.243 e. The molecule has 26 heavy (non-hydrogen) atoms. The Kier molecular flexibility index (Phi) is 6.57. The van der Waals surface area contributed by atoms with Gasteiger partial charge in [0.2, 0.25) is 15.9 Å². The van der Waals surface area contributed by atoms with Gasteiger partial charge in [0.05, 0.1) is 23.6 Å². The molecule has 2 aromatic carbocycles. The normalized spacial score (nSPS) is 11.4. The molecule has 6 nitrogen and oxygen atoms in total. The van der Waals surface area contributed by atoms with Crippen LogP contribution in [0, 0.1) is 5.82 Å².